The summed E-state index contributed by atoms with van der Waals surface area (Å²) in [4.78, 5) is 10.6. The molecule has 0 spiro atoms. The van der Waals surface area contributed by atoms with Crippen molar-refractivity contribution in [2.45, 2.75) is 13.0 Å². The number of carbonyl (C=O) groups excluding carboxylic acids is 1. The van der Waals surface area contributed by atoms with Crippen LogP contribution in [0.4, 0.5) is 0 Å². The molecule has 70 valence electrons. The topological polar surface area (TPSA) is 72.6 Å². The summed E-state index contributed by atoms with van der Waals surface area (Å²) in [6.45, 7) is 1.56. The van der Waals surface area contributed by atoms with Crippen molar-refractivity contribution >= 4 is 5.91 Å². The average Bonchev–Trinajstić information content (AvgIpc) is 2.08. The van der Waals surface area contributed by atoms with Gasteiger partial charge in [-0.3, -0.25) is 4.79 Å². The lowest BCUT2D eigenvalue weighted by Gasteiger charge is -2.10. The summed E-state index contributed by atoms with van der Waals surface area (Å²) in [6.07, 6.45) is -0.662. The molecule has 1 rings (SSSR count). The molecule has 3 N–H and O–H groups in total. The van der Waals surface area contributed by atoms with Gasteiger partial charge >= 0.3 is 0 Å². The SMILES string of the molecule is C[C@H](Oc1ccc(O)cc1)C(N)=O. The lowest BCUT2D eigenvalue weighted by Crippen LogP contribution is -2.30. The summed E-state index contributed by atoms with van der Waals surface area (Å²) < 4.78 is 5.15. The van der Waals surface area contributed by atoms with Crippen molar-refractivity contribution < 1.29 is 14.6 Å². The van der Waals surface area contributed by atoms with Crippen LogP contribution in [0, 0.1) is 0 Å². The van der Waals surface area contributed by atoms with Gasteiger partial charge in [-0.05, 0) is 31.2 Å². The predicted molar refractivity (Wildman–Crippen MR) is 47.4 cm³/mol. The van der Waals surface area contributed by atoms with E-state index in [1.54, 1.807) is 19.1 Å². The van der Waals surface area contributed by atoms with Crippen LogP contribution in [0.25, 0.3) is 0 Å². The number of ether oxygens (including phenoxy) is 1. The molecule has 1 aromatic rings. The molecule has 4 heteroatoms. The maximum absolute atomic E-state index is 10.6. The van der Waals surface area contributed by atoms with Gasteiger partial charge < -0.3 is 15.6 Å². The largest absolute Gasteiger partial charge is 0.508 e. The molecule has 0 radical (unpaired) electrons. The van der Waals surface area contributed by atoms with E-state index in [1.165, 1.54) is 12.1 Å². The van der Waals surface area contributed by atoms with Crippen LogP contribution in [0.5, 0.6) is 11.5 Å². The van der Waals surface area contributed by atoms with E-state index in [4.69, 9.17) is 15.6 Å². The number of hydrogen-bond acceptors (Lipinski definition) is 3. The molecule has 0 unspecified atom stereocenters. The zero-order chi connectivity index (χ0) is 9.84. The molecule has 0 aliphatic rings. The van der Waals surface area contributed by atoms with Crippen molar-refractivity contribution in [2.24, 2.45) is 5.73 Å². The molecule has 0 heterocycles. The molecule has 0 aliphatic heterocycles. The van der Waals surface area contributed by atoms with Gasteiger partial charge in [0.25, 0.3) is 5.91 Å². The van der Waals surface area contributed by atoms with Crippen LogP contribution in [0.1, 0.15) is 6.92 Å². The summed E-state index contributed by atoms with van der Waals surface area (Å²) in [7, 11) is 0. The van der Waals surface area contributed by atoms with Gasteiger partial charge in [0, 0.05) is 0 Å². The highest BCUT2D eigenvalue weighted by atomic mass is 16.5. The number of benzene rings is 1. The van der Waals surface area contributed by atoms with E-state index in [9.17, 15) is 4.79 Å². The van der Waals surface area contributed by atoms with Crippen molar-refractivity contribution in [3.8, 4) is 11.5 Å². The zero-order valence-corrected chi connectivity index (χ0v) is 7.23. The number of primary amides is 1. The Morgan fingerprint density at radius 2 is 2.00 bits per heavy atom. The molecule has 1 atom stereocenters. The monoisotopic (exact) mass is 181 g/mol. The average molecular weight is 181 g/mol. The number of carbonyl (C=O) groups is 1. The lowest BCUT2D eigenvalue weighted by molar-refractivity contribution is -0.123. The normalized spacial score (nSPS) is 12.1. The zero-order valence-electron chi connectivity index (χ0n) is 7.23. The van der Waals surface area contributed by atoms with Crippen molar-refractivity contribution in [2.75, 3.05) is 0 Å². The van der Waals surface area contributed by atoms with Crippen LogP contribution >= 0.6 is 0 Å². The Morgan fingerprint density at radius 3 is 2.46 bits per heavy atom. The van der Waals surface area contributed by atoms with Crippen molar-refractivity contribution in [3.05, 3.63) is 24.3 Å². The second kappa shape index (κ2) is 3.80. The molecule has 0 aliphatic carbocycles. The first-order valence-corrected chi connectivity index (χ1v) is 3.84. The smallest absolute Gasteiger partial charge is 0.258 e. The molecule has 1 amide bonds. The summed E-state index contributed by atoms with van der Waals surface area (Å²) in [5.41, 5.74) is 5.00. The van der Waals surface area contributed by atoms with Crippen LogP contribution in [-0.2, 0) is 4.79 Å². The van der Waals surface area contributed by atoms with Gasteiger partial charge in [0.05, 0.1) is 0 Å². The van der Waals surface area contributed by atoms with Gasteiger partial charge in [0.1, 0.15) is 11.5 Å². The standard InChI is InChI=1S/C9H11NO3/c1-6(9(10)12)13-8-4-2-7(11)3-5-8/h2-6,11H,1H3,(H2,10,12)/t6-/m0/s1. The number of phenolic OH excluding ortho intramolecular Hbond substituents is 1. The first-order chi connectivity index (χ1) is 6.09. The minimum atomic E-state index is -0.662. The molecule has 0 aromatic heterocycles. The Labute approximate surface area is 75.9 Å². The van der Waals surface area contributed by atoms with E-state index >= 15 is 0 Å². The molecule has 0 bridgehead atoms. The number of nitrogens with two attached hydrogens (primary N) is 1. The highest BCUT2D eigenvalue weighted by molar-refractivity contribution is 5.78. The fourth-order valence-electron chi connectivity index (χ4n) is 0.787. The van der Waals surface area contributed by atoms with E-state index in [0.29, 0.717) is 5.75 Å². The van der Waals surface area contributed by atoms with Crippen molar-refractivity contribution in [1.82, 2.24) is 0 Å². The van der Waals surface area contributed by atoms with E-state index in [0.717, 1.165) is 0 Å². The summed E-state index contributed by atoms with van der Waals surface area (Å²) in [6, 6.07) is 6.08. The second-order valence-corrected chi connectivity index (χ2v) is 2.66. The molecular weight excluding hydrogens is 170 g/mol. The number of rotatable bonds is 3. The van der Waals surface area contributed by atoms with Gasteiger partial charge in [-0.25, -0.2) is 0 Å². The first kappa shape index (κ1) is 9.38. The van der Waals surface area contributed by atoms with Gasteiger partial charge in [-0.15, -0.1) is 0 Å². The number of hydrogen-bond donors (Lipinski definition) is 2. The van der Waals surface area contributed by atoms with E-state index in [-0.39, 0.29) is 5.75 Å². The molecule has 0 fully saturated rings. The molecule has 0 saturated heterocycles. The maximum Gasteiger partial charge on any atom is 0.258 e. The van der Waals surface area contributed by atoms with Crippen LogP contribution < -0.4 is 10.5 Å². The van der Waals surface area contributed by atoms with E-state index in [2.05, 4.69) is 0 Å². The second-order valence-electron chi connectivity index (χ2n) is 2.66. The highest BCUT2D eigenvalue weighted by Crippen LogP contribution is 2.16. The van der Waals surface area contributed by atoms with Crippen LogP contribution in [0.2, 0.25) is 0 Å². The molecule has 4 nitrogen and oxygen atoms in total. The minimum absolute atomic E-state index is 0.152. The molecule has 1 aromatic carbocycles. The van der Waals surface area contributed by atoms with Crippen LogP contribution in [0.15, 0.2) is 24.3 Å². The maximum atomic E-state index is 10.6. The van der Waals surface area contributed by atoms with E-state index < -0.39 is 12.0 Å². The number of phenols is 1. The van der Waals surface area contributed by atoms with Gasteiger partial charge in [0.15, 0.2) is 6.10 Å². The Balaban J connectivity index is 2.64. The van der Waals surface area contributed by atoms with Crippen LogP contribution in [-0.4, -0.2) is 17.1 Å². The minimum Gasteiger partial charge on any atom is -0.508 e. The summed E-state index contributed by atoms with van der Waals surface area (Å²) in [5.74, 6) is 0.135. The van der Waals surface area contributed by atoms with Crippen LogP contribution in [0.3, 0.4) is 0 Å². The number of aromatic hydroxyl groups is 1. The fraction of sp³-hybridized carbons (Fsp3) is 0.222. The Hall–Kier alpha value is -1.71. The molecule has 0 saturated carbocycles. The fourth-order valence-corrected chi connectivity index (χ4v) is 0.787. The third-order valence-electron chi connectivity index (χ3n) is 1.55. The Bertz CT molecular complexity index is 294. The van der Waals surface area contributed by atoms with Crippen molar-refractivity contribution in [1.29, 1.82) is 0 Å². The molecular formula is C9H11NO3. The molecule has 13 heavy (non-hydrogen) atoms. The lowest BCUT2D eigenvalue weighted by atomic mass is 10.3. The van der Waals surface area contributed by atoms with Gasteiger partial charge in [0.2, 0.25) is 0 Å². The van der Waals surface area contributed by atoms with Gasteiger partial charge in [-0.1, -0.05) is 0 Å². The third kappa shape index (κ3) is 2.66. The summed E-state index contributed by atoms with van der Waals surface area (Å²) in [5, 5.41) is 8.95. The first-order valence-electron chi connectivity index (χ1n) is 3.84. The van der Waals surface area contributed by atoms with E-state index in [1.807, 2.05) is 0 Å². The van der Waals surface area contributed by atoms with Crippen molar-refractivity contribution in [3.63, 3.8) is 0 Å². The predicted octanol–water partition coefficient (Wildman–Crippen LogP) is 0.645. The quantitative estimate of drug-likeness (QED) is 0.718. The highest BCUT2D eigenvalue weighted by Gasteiger charge is 2.09. The summed E-state index contributed by atoms with van der Waals surface area (Å²) >= 11 is 0. The number of amides is 1. The van der Waals surface area contributed by atoms with Gasteiger partial charge in [-0.2, -0.15) is 0 Å². The Morgan fingerprint density at radius 1 is 1.46 bits per heavy atom. The Kier molecular flexibility index (Phi) is 2.74. The third-order valence-corrected chi connectivity index (χ3v) is 1.55.